The van der Waals surface area contributed by atoms with Crippen LogP contribution in [0.4, 0.5) is 0 Å². The maximum absolute atomic E-state index is 5.61. The molecule has 88 valence electrons. The molecule has 0 amide bonds. The van der Waals surface area contributed by atoms with Crippen molar-refractivity contribution in [3.05, 3.63) is 35.0 Å². The van der Waals surface area contributed by atoms with Gasteiger partial charge in [-0.25, -0.2) is 4.98 Å². The number of thiazole rings is 1. The Bertz CT molecular complexity index is 536. The van der Waals surface area contributed by atoms with Crippen LogP contribution >= 0.6 is 11.3 Å². The molecule has 1 aliphatic rings. The number of benzene rings is 1. The molecule has 1 aromatic carbocycles. The molecule has 2 heterocycles. The molecule has 3 nitrogen and oxygen atoms in total. The molecule has 0 unspecified atom stereocenters. The predicted octanol–water partition coefficient (Wildman–Crippen LogP) is 2.59. The van der Waals surface area contributed by atoms with Crippen molar-refractivity contribution in [3.63, 3.8) is 0 Å². The number of aromatic nitrogens is 1. The molecular weight excluding hydrogens is 232 g/mol. The third-order valence-corrected chi connectivity index (χ3v) is 3.99. The van der Waals surface area contributed by atoms with Crippen molar-refractivity contribution >= 4 is 11.3 Å². The van der Waals surface area contributed by atoms with E-state index in [4.69, 9.17) is 10.5 Å². The summed E-state index contributed by atoms with van der Waals surface area (Å²) in [5, 5.41) is 0.981. The van der Waals surface area contributed by atoms with Crippen molar-refractivity contribution in [2.24, 2.45) is 5.73 Å². The van der Waals surface area contributed by atoms with Gasteiger partial charge in [-0.05, 0) is 42.2 Å². The second-order valence-electron chi connectivity index (χ2n) is 4.10. The van der Waals surface area contributed by atoms with Gasteiger partial charge in [0.15, 0.2) is 0 Å². The molecule has 3 rings (SSSR count). The smallest absolute Gasteiger partial charge is 0.122 e. The third kappa shape index (κ3) is 2.06. The average Bonchev–Trinajstić information content (AvgIpc) is 2.87. The highest BCUT2D eigenvalue weighted by Crippen LogP contribution is 2.32. The van der Waals surface area contributed by atoms with E-state index in [2.05, 4.69) is 23.2 Å². The quantitative estimate of drug-likeness (QED) is 0.886. The van der Waals surface area contributed by atoms with Crippen molar-refractivity contribution < 1.29 is 4.74 Å². The van der Waals surface area contributed by atoms with Gasteiger partial charge in [-0.2, -0.15) is 0 Å². The van der Waals surface area contributed by atoms with Gasteiger partial charge < -0.3 is 10.5 Å². The summed E-state index contributed by atoms with van der Waals surface area (Å²) in [6, 6.07) is 6.37. The Hall–Kier alpha value is -1.39. The Morgan fingerprint density at radius 2 is 2.35 bits per heavy atom. The van der Waals surface area contributed by atoms with Crippen LogP contribution in [0.1, 0.15) is 17.0 Å². The van der Waals surface area contributed by atoms with E-state index in [1.807, 2.05) is 6.20 Å². The van der Waals surface area contributed by atoms with Crippen molar-refractivity contribution in [2.45, 2.75) is 19.4 Å². The molecule has 17 heavy (non-hydrogen) atoms. The van der Waals surface area contributed by atoms with Crippen LogP contribution in [-0.2, 0) is 13.0 Å². The Labute approximate surface area is 104 Å². The minimum Gasteiger partial charge on any atom is -0.493 e. The molecule has 1 aliphatic heterocycles. The molecule has 2 N–H and O–H groups in total. The fraction of sp³-hybridized carbons (Fsp3) is 0.308. The van der Waals surface area contributed by atoms with Crippen LogP contribution in [0.5, 0.6) is 5.75 Å². The summed E-state index contributed by atoms with van der Waals surface area (Å²) in [7, 11) is 0. The van der Waals surface area contributed by atoms with E-state index in [0.717, 1.165) is 30.2 Å². The zero-order chi connectivity index (χ0) is 11.7. The van der Waals surface area contributed by atoms with Gasteiger partial charge in [0.2, 0.25) is 0 Å². The Balaban J connectivity index is 1.97. The number of hydrogen-bond acceptors (Lipinski definition) is 4. The van der Waals surface area contributed by atoms with E-state index < -0.39 is 0 Å². The monoisotopic (exact) mass is 246 g/mol. The highest BCUT2D eigenvalue weighted by Gasteiger charge is 2.12. The summed E-state index contributed by atoms with van der Waals surface area (Å²) in [5.74, 6) is 1.03. The molecule has 0 bridgehead atoms. The predicted molar refractivity (Wildman–Crippen MR) is 69.3 cm³/mol. The largest absolute Gasteiger partial charge is 0.493 e. The standard InChI is InChI=1S/C13H14N2OS/c14-7-13-15-8-12(17-13)10-3-4-11-9(6-10)2-1-5-16-11/h3-4,6,8H,1-2,5,7,14H2. The van der Waals surface area contributed by atoms with Crippen LogP contribution in [0.3, 0.4) is 0 Å². The van der Waals surface area contributed by atoms with Gasteiger partial charge in [0.05, 0.1) is 11.5 Å². The fourth-order valence-electron chi connectivity index (χ4n) is 2.05. The lowest BCUT2D eigenvalue weighted by Crippen LogP contribution is -2.07. The van der Waals surface area contributed by atoms with Crippen molar-refractivity contribution in [2.75, 3.05) is 6.61 Å². The van der Waals surface area contributed by atoms with E-state index in [1.165, 1.54) is 16.0 Å². The molecule has 0 spiro atoms. The van der Waals surface area contributed by atoms with Crippen LogP contribution in [0, 0.1) is 0 Å². The number of rotatable bonds is 2. The molecule has 0 aliphatic carbocycles. The first-order valence-electron chi connectivity index (χ1n) is 5.77. The number of nitrogens with zero attached hydrogens (tertiary/aromatic N) is 1. The number of aryl methyl sites for hydroxylation is 1. The summed E-state index contributed by atoms with van der Waals surface area (Å²) >= 11 is 1.66. The maximum Gasteiger partial charge on any atom is 0.122 e. The second-order valence-corrected chi connectivity index (χ2v) is 5.21. The highest BCUT2D eigenvalue weighted by molar-refractivity contribution is 7.15. The first-order chi connectivity index (χ1) is 8.36. The Morgan fingerprint density at radius 3 is 3.18 bits per heavy atom. The van der Waals surface area contributed by atoms with Crippen LogP contribution in [0.15, 0.2) is 24.4 Å². The summed E-state index contributed by atoms with van der Waals surface area (Å²) < 4.78 is 5.61. The minimum atomic E-state index is 0.513. The summed E-state index contributed by atoms with van der Waals surface area (Å²) in [6.07, 6.45) is 4.11. The molecule has 2 aromatic rings. The fourth-order valence-corrected chi connectivity index (χ4v) is 2.84. The molecule has 0 atom stereocenters. The van der Waals surface area contributed by atoms with Gasteiger partial charge in [0, 0.05) is 12.7 Å². The average molecular weight is 246 g/mol. The van der Waals surface area contributed by atoms with E-state index in [9.17, 15) is 0 Å². The zero-order valence-corrected chi connectivity index (χ0v) is 10.3. The van der Waals surface area contributed by atoms with Crippen molar-refractivity contribution in [3.8, 4) is 16.2 Å². The van der Waals surface area contributed by atoms with Gasteiger partial charge in [0.1, 0.15) is 10.8 Å². The van der Waals surface area contributed by atoms with Gasteiger partial charge in [-0.3, -0.25) is 0 Å². The van der Waals surface area contributed by atoms with Crippen LogP contribution in [0.2, 0.25) is 0 Å². The lowest BCUT2D eigenvalue weighted by Gasteiger charge is -2.17. The molecule has 0 fully saturated rings. The molecule has 0 radical (unpaired) electrons. The lowest BCUT2D eigenvalue weighted by molar-refractivity contribution is 0.288. The normalized spacial score (nSPS) is 14.2. The molecule has 1 aromatic heterocycles. The topological polar surface area (TPSA) is 48.1 Å². The summed E-state index contributed by atoms with van der Waals surface area (Å²) in [5.41, 5.74) is 8.10. The molecule has 4 heteroatoms. The minimum absolute atomic E-state index is 0.513. The lowest BCUT2D eigenvalue weighted by atomic mass is 10.0. The first kappa shape index (κ1) is 10.7. The second kappa shape index (κ2) is 4.47. The molecular formula is C13H14N2OS. The molecule has 0 saturated carbocycles. The van der Waals surface area contributed by atoms with Gasteiger partial charge in [0.25, 0.3) is 0 Å². The van der Waals surface area contributed by atoms with E-state index >= 15 is 0 Å². The van der Waals surface area contributed by atoms with Crippen LogP contribution < -0.4 is 10.5 Å². The Kier molecular flexibility index (Phi) is 2.82. The van der Waals surface area contributed by atoms with Crippen molar-refractivity contribution in [1.29, 1.82) is 0 Å². The highest BCUT2D eigenvalue weighted by atomic mass is 32.1. The van der Waals surface area contributed by atoms with Gasteiger partial charge in [-0.1, -0.05) is 0 Å². The summed E-state index contributed by atoms with van der Waals surface area (Å²) in [6.45, 7) is 1.35. The van der Waals surface area contributed by atoms with Gasteiger partial charge >= 0.3 is 0 Å². The number of nitrogens with two attached hydrogens (primary N) is 1. The SMILES string of the molecule is NCc1ncc(-c2ccc3c(c2)CCCO3)s1. The third-order valence-electron chi connectivity index (χ3n) is 2.92. The van der Waals surface area contributed by atoms with E-state index in [0.29, 0.717) is 6.54 Å². The van der Waals surface area contributed by atoms with E-state index in [1.54, 1.807) is 11.3 Å². The van der Waals surface area contributed by atoms with Crippen LogP contribution in [0.25, 0.3) is 10.4 Å². The summed E-state index contributed by atoms with van der Waals surface area (Å²) in [4.78, 5) is 5.46. The zero-order valence-electron chi connectivity index (χ0n) is 9.48. The number of hydrogen-bond donors (Lipinski definition) is 1. The van der Waals surface area contributed by atoms with Gasteiger partial charge in [-0.15, -0.1) is 11.3 Å². The first-order valence-corrected chi connectivity index (χ1v) is 6.59. The van der Waals surface area contributed by atoms with Crippen LogP contribution in [-0.4, -0.2) is 11.6 Å². The molecule has 0 saturated heterocycles. The Morgan fingerprint density at radius 1 is 1.41 bits per heavy atom. The van der Waals surface area contributed by atoms with E-state index in [-0.39, 0.29) is 0 Å². The van der Waals surface area contributed by atoms with Crippen molar-refractivity contribution in [1.82, 2.24) is 4.98 Å². The number of fused-ring (bicyclic) bond motifs is 1. The maximum atomic E-state index is 5.61. The number of ether oxygens (including phenoxy) is 1.